The van der Waals surface area contributed by atoms with Crippen molar-refractivity contribution in [2.24, 2.45) is 11.3 Å². The number of amides is 3. The van der Waals surface area contributed by atoms with Gasteiger partial charge in [-0.15, -0.1) is 0 Å². The average molecular weight is 309 g/mol. The number of hydrogen-bond donors (Lipinski definition) is 1. The Morgan fingerprint density at radius 1 is 1.50 bits per heavy atom. The van der Waals surface area contributed by atoms with Gasteiger partial charge in [-0.1, -0.05) is 34.3 Å². The summed E-state index contributed by atoms with van der Waals surface area (Å²) in [6, 6.07) is -0.498. The first kappa shape index (κ1) is 20.0. The number of ether oxygens (including phenoxy) is 1. The van der Waals surface area contributed by atoms with Gasteiger partial charge in [0.15, 0.2) is 0 Å². The van der Waals surface area contributed by atoms with E-state index < -0.39 is 6.03 Å². The molecule has 6 heteroatoms. The number of urea groups is 1. The van der Waals surface area contributed by atoms with Crippen LogP contribution in [-0.2, 0) is 9.53 Å². The third kappa shape index (κ3) is 7.67. The normalized spacial score (nSPS) is 13.4. The lowest BCUT2D eigenvalue weighted by molar-refractivity contribution is -0.113. The number of nitrogens with one attached hydrogen (secondary N) is 1. The van der Waals surface area contributed by atoms with Crippen LogP contribution < -0.4 is 5.32 Å². The summed E-state index contributed by atoms with van der Waals surface area (Å²) in [4.78, 5) is 23.5. The molecule has 0 heterocycles. The molecule has 0 aromatic carbocycles. The number of rotatable bonds is 10. The predicted octanol–water partition coefficient (Wildman–Crippen LogP) is 3.02. The zero-order valence-electron chi connectivity index (χ0n) is 14.0. The van der Waals surface area contributed by atoms with E-state index in [1.807, 2.05) is 13.8 Å². The van der Waals surface area contributed by atoms with Crippen LogP contribution in [0.25, 0.3) is 0 Å². The van der Waals surface area contributed by atoms with Crippen LogP contribution >= 0.6 is 0 Å². The summed E-state index contributed by atoms with van der Waals surface area (Å²) in [5.41, 5.74) is -0.0215. The van der Waals surface area contributed by atoms with Gasteiger partial charge < -0.3 is 10.1 Å². The molecule has 0 aromatic heterocycles. The van der Waals surface area contributed by atoms with Crippen LogP contribution in [0.1, 0.15) is 47.0 Å². The minimum Gasteiger partial charge on any atom is -0.427 e. The zero-order chi connectivity index (χ0) is 17.2. The molecule has 0 spiro atoms. The van der Waals surface area contributed by atoms with Gasteiger partial charge in [0.1, 0.15) is 6.61 Å². The minimum atomic E-state index is -0.464. The molecule has 2 atom stereocenters. The van der Waals surface area contributed by atoms with Gasteiger partial charge in [0.2, 0.25) is 6.41 Å². The molecule has 0 aliphatic rings. The lowest BCUT2D eigenvalue weighted by atomic mass is 9.78. The maximum absolute atomic E-state index is 11.9. The Labute approximate surface area is 133 Å². The SMILES string of the molecule is C=CN(C=O)C(=O)NC(CC)CC(C)(C)CC(C)COC#N. The van der Waals surface area contributed by atoms with Gasteiger partial charge in [-0.3, -0.25) is 4.79 Å². The Kier molecular flexibility index (Phi) is 8.92. The molecule has 0 bridgehead atoms. The van der Waals surface area contributed by atoms with Crippen molar-refractivity contribution < 1.29 is 14.3 Å². The molecule has 2 unspecified atom stereocenters. The minimum absolute atomic E-state index is 0.0215. The topological polar surface area (TPSA) is 82.4 Å². The highest BCUT2D eigenvalue weighted by Crippen LogP contribution is 2.31. The van der Waals surface area contributed by atoms with E-state index in [9.17, 15) is 9.59 Å². The largest absolute Gasteiger partial charge is 0.427 e. The molecule has 1 N–H and O–H groups in total. The molecule has 3 amide bonds. The summed E-state index contributed by atoms with van der Waals surface area (Å²) in [5, 5.41) is 11.3. The maximum Gasteiger partial charge on any atom is 0.328 e. The summed E-state index contributed by atoms with van der Waals surface area (Å²) in [7, 11) is 0. The second-order valence-corrected chi connectivity index (χ2v) is 6.33. The second-order valence-electron chi connectivity index (χ2n) is 6.33. The molecule has 0 radical (unpaired) electrons. The highest BCUT2D eigenvalue weighted by Gasteiger charge is 2.26. The molecule has 0 rings (SSSR count). The van der Waals surface area contributed by atoms with Crippen LogP contribution in [0.2, 0.25) is 0 Å². The van der Waals surface area contributed by atoms with E-state index in [4.69, 9.17) is 10.00 Å². The van der Waals surface area contributed by atoms with Crippen LogP contribution in [0.4, 0.5) is 4.79 Å². The van der Waals surface area contributed by atoms with E-state index >= 15 is 0 Å². The smallest absolute Gasteiger partial charge is 0.328 e. The molecule has 0 saturated heterocycles. The van der Waals surface area contributed by atoms with E-state index in [0.29, 0.717) is 13.0 Å². The number of nitriles is 1. The molecule has 0 aliphatic heterocycles. The Morgan fingerprint density at radius 2 is 2.14 bits per heavy atom. The number of carbonyl (C=O) groups excluding carboxylic acids is 2. The lowest BCUT2D eigenvalue weighted by Gasteiger charge is -2.32. The highest BCUT2D eigenvalue weighted by atomic mass is 16.5. The first-order valence-corrected chi connectivity index (χ1v) is 7.47. The predicted molar refractivity (Wildman–Crippen MR) is 84.5 cm³/mol. The number of nitrogens with zero attached hydrogens (tertiary/aromatic N) is 2. The summed E-state index contributed by atoms with van der Waals surface area (Å²) in [6.45, 7) is 12.1. The van der Waals surface area contributed by atoms with Crippen LogP contribution in [0, 0.1) is 22.9 Å². The van der Waals surface area contributed by atoms with Crippen molar-refractivity contribution in [3.63, 3.8) is 0 Å². The van der Waals surface area contributed by atoms with Gasteiger partial charge in [-0.2, -0.15) is 5.26 Å². The third-order valence-corrected chi connectivity index (χ3v) is 3.50. The summed E-state index contributed by atoms with van der Waals surface area (Å²) < 4.78 is 4.78. The van der Waals surface area contributed by atoms with Crippen molar-refractivity contribution in [3.05, 3.63) is 12.8 Å². The van der Waals surface area contributed by atoms with E-state index in [-0.39, 0.29) is 17.4 Å². The number of imide groups is 1. The van der Waals surface area contributed by atoms with Gasteiger partial charge in [0, 0.05) is 12.2 Å². The Bertz CT molecular complexity index is 407. The van der Waals surface area contributed by atoms with Gasteiger partial charge in [0.05, 0.1) is 0 Å². The Balaban J connectivity index is 4.57. The zero-order valence-corrected chi connectivity index (χ0v) is 14.0. The van der Waals surface area contributed by atoms with Crippen LogP contribution in [-0.4, -0.2) is 30.0 Å². The quantitative estimate of drug-likeness (QED) is 0.497. The van der Waals surface area contributed by atoms with Gasteiger partial charge in [0.25, 0.3) is 6.26 Å². The molecule has 0 aliphatic carbocycles. The molecule has 0 saturated carbocycles. The first-order chi connectivity index (χ1) is 10.3. The van der Waals surface area contributed by atoms with Crippen LogP contribution in [0.15, 0.2) is 12.8 Å². The molecular weight excluding hydrogens is 282 g/mol. The standard InChI is InChI=1S/C16H27N3O3/c1-6-14(18-15(21)19(7-2)12-20)9-16(4,5)8-13(3)10-22-11-17/h7,12-14H,2,6,8-10H2,1,3-5H3,(H,18,21). The number of carbonyl (C=O) groups is 2. The first-order valence-electron chi connectivity index (χ1n) is 7.47. The molecular formula is C16H27N3O3. The lowest BCUT2D eigenvalue weighted by Crippen LogP contribution is -2.43. The number of hydrogen-bond acceptors (Lipinski definition) is 4. The van der Waals surface area contributed by atoms with Crippen LogP contribution in [0.3, 0.4) is 0 Å². The molecule has 0 fully saturated rings. The van der Waals surface area contributed by atoms with E-state index in [2.05, 4.69) is 25.7 Å². The third-order valence-electron chi connectivity index (χ3n) is 3.50. The fourth-order valence-corrected chi connectivity index (χ4v) is 2.65. The van der Waals surface area contributed by atoms with Crippen molar-refractivity contribution in [1.82, 2.24) is 10.2 Å². The average Bonchev–Trinajstić information content (AvgIpc) is 2.44. The van der Waals surface area contributed by atoms with E-state index in [1.165, 1.54) is 6.20 Å². The van der Waals surface area contributed by atoms with Gasteiger partial charge in [-0.05, 0) is 30.6 Å². The highest BCUT2D eigenvalue weighted by molar-refractivity contribution is 5.86. The van der Waals surface area contributed by atoms with Gasteiger partial charge in [-0.25, -0.2) is 9.69 Å². The molecule has 22 heavy (non-hydrogen) atoms. The second kappa shape index (κ2) is 9.82. The van der Waals surface area contributed by atoms with Crippen molar-refractivity contribution in [2.75, 3.05) is 6.61 Å². The Morgan fingerprint density at radius 3 is 2.59 bits per heavy atom. The molecule has 0 aromatic rings. The Hall–Kier alpha value is -2.03. The van der Waals surface area contributed by atoms with E-state index in [1.54, 1.807) is 6.26 Å². The summed E-state index contributed by atoms with van der Waals surface area (Å²) in [6.07, 6.45) is 5.71. The summed E-state index contributed by atoms with van der Waals surface area (Å²) in [5.74, 6) is 0.252. The summed E-state index contributed by atoms with van der Waals surface area (Å²) >= 11 is 0. The maximum atomic E-state index is 11.9. The molecule has 124 valence electrons. The molecule has 6 nitrogen and oxygen atoms in total. The van der Waals surface area contributed by atoms with Crippen molar-refractivity contribution in [3.8, 4) is 6.26 Å². The van der Waals surface area contributed by atoms with E-state index in [0.717, 1.165) is 24.2 Å². The fraction of sp³-hybridized carbons (Fsp3) is 0.688. The van der Waals surface area contributed by atoms with Crippen LogP contribution in [0.5, 0.6) is 0 Å². The monoisotopic (exact) mass is 309 g/mol. The van der Waals surface area contributed by atoms with Crippen molar-refractivity contribution >= 4 is 12.4 Å². The van der Waals surface area contributed by atoms with Gasteiger partial charge >= 0.3 is 6.03 Å². The fourth-order valence-electron chi connectivity index (χ4n) is 2.65. The van der Waals surface area contributed by atoms with Crippen molar-refractivity contribution in [1.29, 1.82) is 5.26 Å². The van der Waals surface area contributed by atoms with Crippen molar-refractivity contribution in [2.45, 2.75) is 53.0 Å².